The lowest BCUT2D eigenvalue weighted by atomic mass is 9.78. The number of aromatic nitrogens is 3. The van der Waals surface area contributed by atoms with Gasteiger partial charge in [0.1, 0.15) is 5.82 Å². The molecule has 0 aliphatic heterocycles. The molecule has 2 N–H and O–H groups in total. The lowest BCUT2D eigenvalue weighted by Gasteiger charge is -2.31. The number of hydrogen-bond acceptors (Lipinski definition) is 4. The SMILES string of the molecule is [2H]c1c([2H])c([2H])c(Nc2c(C(C)(C)C)cccc2C(C)(C)C)c(Nc2cccc(C(F)(F)c3ccc4c5ccncc5n(-c5cc(C(C)(C)C)ccn5)c4c3)c2)c1[2H]. The topological polar surface area (TPSA) is 54.8 Å². The molecule has 0 radical (unpaired) electrons. The van der Waals surface area contributed by atoms with Crippen LogP contribution >= 0.6 is 0 Å². The van der Waals surface area contributed by atoms with Gasteiger partial charge < -0.3 is 10.6 Å². The second-order valence-corrected chi connectivity index (χ2v) is 17.0. The summed E-state index contributed by atoms with van der Waals surface area (Å²) in [6.45, 7) is 18.8. The largest absolute Gasteiger partial charge is 0.354 e. The van der Waals surface area contributed by atoms with E-state index < -0.39 is 18.0 Å². The van der Waals surface area contributed by atoms with E-state index in [0.29, 0.717) is 11.3 Å². The fourth-order valence-electron chi connectivity index (χ4n) is 6.98. The van der Waals surface area contributed by atoms with E-state index in [0.717, 1.165) is 38.7 Å². The van der Waals surface area contributed by atoms with Crippen molar-refractivity contribution in [1.82, 2.24) is 14.5 Å². The molecular weight excluding hydrogens is 673 g/mol. The zero-order chi connectivity index (χ0) is 42.1. The third-order valence-corrected chi connectivity index (χ3v) is 9.89. The van der Waals surface area contributed by atoms with E-state index >= 15 is 8.78 Å². The van der Waals surface area contributed by atoms with Gasteiger partial charge in [-0.2, -0.15) is 8.78 Å². The summed E-state index contributed by atoms with van der Waals surface area (Å²) in [4.78, 5) is 9.02. The summed E-state index contributed by atoms with van der Waals surface area (Å²) in [6.07, 6.45) is 5.15. The van der Waals surface area contributed by atoms with Gasteiger partial charge in [-0.15, -0.1) is 0 Å². The van der Waals surface area contributed by atoms with Crippen LogP contribution in [0.2, 0.25) is 0 Å². The number of hydrogen-bond donors (Lipinski definition) is 2. The molecule has 3 aromatic heterocycles. The first kappa shape index (κ1) is 31.9. The summed E-state index contributed by atoms with van der Waals surface area (Å²) < 4.78 is 70.7. The third-order valence-electron chi connectivity index (χ3n) is 9.89. The van der Waals surface area contributed by atoms with Gasteiger partial charge >= 0.3 is 0 Å². The van der Waals surface area contributed by atoms with Crippen molar-refractivity contribution in [3.8, 4) is 5.82 Å². The Morgan fingerprint density at radius 1 is 0.611 bits per heavy atom. The highest BCUT2D eigenvalue weighted by molar-refractivity contribution is 6.09. The molecule has 54 heavy (non-hydrogen) atoms. The summed E-state index contributed by atoms with van der Waals surface area (Å²) in [7, 11) is 0. The molecule has 0 amide bonds. The summed E-state index contributed by atoms with van der Waals surface area (Å²) in [5.74, 6) is -2.86. The number of nitrogens with one attached hydrogen (secondary N) is 2. The molecule has 3 heterocycles. The summed E-state index contributed by atoms with van der Waals surface area (Å²) in [5.41, 5.74) is 4.10. The minimum absolute atomic E-state index is 0.0413. The standard InChI is InChI=1S/C47H49F2N5/c1-44(2,3)30-22-25-51-42(28-30)54-40-27-32(20-21-34(40)35-23-24-50-29-41(35)54)47(48,49)31-14-12-15-33(26-31)52-38-18-10-11-19-39(38)53-43-36(45(4,5)6)16-13-17-37(43)46(7,8)9/h10-29,52-53H,1-9H3/i10D,11D,18D,19D. The number of anilines is 4. The number of alkyl halides is 2. The highest BCUT2D eigenvalue weighted by Crippen LogP contribution is 2.43. The van der Waals surface area contributed by atoms with Crippen LogP contribution in [0.15, 0.2) is 122 Å². The molecule has 0 unspecified atom stereocenters. The van der Waals surface area contributed by atoms with Gasteiger partial charge in [-0.05, 0) is 81.4 Å². The predicted octanol–water partition coefficient (Wildman–Crippen LogP) is 13.1. The van der Waals surface area contributed by atoms with E-state index in [2.05, 4.69) is 82.9 Å². The number of rotatable bonds is 7. The van der Waals surface area contributed by atoms with Crippen molar-refractivity contribution in [2.75, 3.05) is 10.6 Å². The van der Waals surface area contributed by atoms with Gasteiger partial charge in [0.2, 0.25) is 0 Å². The van der Waals surface area contributed by atoms with E-state index in [4.69, 9.17) is 5.48 Å². The Morgan fingerprint density at radius 2 is 1.24 bits per heavy atom. The van der Waals surface area contributed by atoms with Crippen LogP contribution in [-0.2, 0) is 22.2 Å². The number of nitrogens with zero attached hydrogens (tertiary/aromatic N) is 3. The Morgan fingerprint density at radius 3 is 1.91 bits per heavy atom. The zero-order valence-electron chi connectivity index (χ0n) is 36.3. The second kappa shape index (κ2) is 13.4. The van der Waals surface area contributed by atoms with Crippen molar-refractivity contribution in [2.45, 2.75) is 84.5 Å². The van der Waals surface area contributed by atoms with Crippen LogP contribution in [-0.4, -0.2) is 14.5 Å². The van der Waals surface area contributed by atoms with Gasteiger partial charge in [-0.1, -0.05) is 117 Å². The van der Waals surface area contributed by atoms with Gasteiger partial charge in [-0.3, -0.25) is 9.55 Å². The lowest BCUT2D eigenvalue weighted by Crippen LogP contribution is -2.20. The highest BCUT2D eigenvalue weighted by Gasteiger charge is 2.35. The average Bonchev–Trinajstić information content (AvgIpc) is 3.50. The molecule has 0 saturated carbocycles. The molecule has 0 bridgehead atoms. The van der Waals surface area contributed by atoms with Crippen LogP contribution in [0.3, 0.4) is 0 Å². The Kier molecular flexibility index (Phi) is 7.91. The fourth-order valence-corrected chi connectivity index (χ4v) is 6.98. The van der Waals surface area contributed by atoms with Crippen LogP contribution in [0.4, 0.5) is 31.5 Å². The summed E-state index contributed by atoms with van der Waals surface area (Å²) >= 11 is 0. The van der Waals surface area contributed by atoms with Crippen LogP contribution in [0.25, 0.3) is 27.6 Å². The van der Waals surface area contributed by atoms with Crippen LogP contribution in [0.5, 0.6) is 0 Å². The average molecular weight is 726 g/mol. The molecular formula is C47H49F2N5. The smallest absolute Gasteiger partial charge is 0.298 e. The predicted molar refractivity (Wildman–Crippen MR) is 221 cm³/mol. The number of fused-ring (bicyclic) bond motifs is 3. The molecule has 5 nitrogen and oxygen atoms in total. The maximum absolute atomic E-state index is 16.9. The molecule has 276 valence electrons. The number of para-hydroxylation sites is 3. The normalized spacial score (nSPS) is 13.8. The first-order valence-electron chi connectivity index (χ1n) is 20.2. The van der Waals surface area contributed by atoms with Crippen molar-refractivity contribution in [3.05, 3.63) is 149 Å². The second-order valence-electron chi connectivity index (χ2n) is 17.0. The maximum atomic E-state index is 16.9. The van der Waals surface area contributed by atoms with Gasteiger partial charge in [0.15, 0.2) is 0 Å². The Balaban J connectivity index is 1.33. The van der Waals surface area contributed by atoms with E-state index in [1.54, 1.807) is 30.7 Å². The summed E-state index contributed by atoms with van der Waals surface area (Å²) in [6, 6.07) is 20.8. The quantitative estimate of drug-likeness (QED) is 0.172. The zero-order valence-corrected chi connectivity index (χ0v) is 32.3. The van der Waals surface area contributed by atoms with E-state index in [1.165, 1.54) is 30.3 Å². The third kappa shape index (κ3) is 6.95. The molecule has 0 aliphatic rings. The number of halogens is 2. The minimum Gasteiger partial charge on any atom is -0.354 e. The molecule has 4 aromatic carbocycles. The van der Waals surface area contributed by atoms with Crippen LogP contribution < -0.4 is 10.6 Å². The van der Waals surface area contributed by atoms with E-state index in [1.807, 2.05) is 41.0 Å². The van der Waals surface area contributed by atoms with Crippen molar-refractivity contribution in [2.24, 2.45) is 0 Å². The maximum Gasteiger partial charge on any atom is 0.298 e. The van der Waals surface area contributed by atoms with E-state index in [-0.39, 0.29) is 56.5 Å². The molecule has 7 aromatic rings. The molecule has 7 heteroatoms. The molecule has 0 spiro atoms. The monoisotopic (exact) mass is 725 g/mol. The molecule has 0 atom stereocenters. The Bertz CT molecular complexity index is 2690. The lowest BCUT2D eigenvalue weighted by molar-refractivity contribution is 0.0430. The molecule has 0 saturated heterocycles. The Labute approximate surface area is 323 Å². The van der Waals surface area contributed by atoms with Crippen LogP contribution in [0.1, 0.15) is 95.6 Å². The molecule has 0 fully saturated rings. The van der Waals surface area contributed by atoms with Gasteiger partial charge in [0.25, 0.3) is 5.92 Å². The first-order valence-corrected chi connectivity index (χ1v) is 18.2. The Hall–Kier alpha value is -5.56. The van der Waals surface area contributed by atoms with Gasteiger partial charge in [0, 0.05) is 45.7 Å². The van der Waals surface area contributed by atoms with E-state index in [9.17, 15) is 0 Å². The molecule has 0 aliphatic carbocycles. The fraction of sp³-hybridized carbons (Fsp3) is 0.277. The number of pyridine rings is 2. The highest BCUT2D eigenvalue weighted by atomic mass is 19.3. The van der Waals surface area contributed by atoms with Gasteiger partial charge in [-0.25, -0.2) is 4.98 Å². The minimum atomic E-state index is -3.46. The van der Waals surface area contributed by atoms with Crippen LogP contribution in [0, 0.1) is 0 Å². The molecule has 7 rings (SSSR count). The first-order chi connectivity index (χ1) is 27.1. The van der Waals surface area contributed by atoms with Crippen molar-refractivity contribution < 1.29 is 14.3 Å². The van der Waals surface area contributed by atoms with Crippen molar-refractivity contribution >= 4 is 44.6 Å². The summed E-state index contributed by atoms with van der Waals surface area (Å²) in [5, 5.41) is 8.19. The van der Waals surface area contributed by atoms with Crippen molar-refractivity contribution in [3.63, 3.8) is 0 Å². The number of benzene rings is 4. The van der Waals surface area contributed by atoms with Gasteiger partial charge in [0.05, 0.1) is 34.1 Å². The van der Waals surface area contributed by atoms with Crippen molar-refractivity contribution in [1.29, 1.82) is 0 Å².